The van der Waals surface area contributed by atoms with Crippen LogP contribution in [0.3, 0.4) is 0 Å². The molecule has 4 nitrogen and oxygen atoms in total. The number of hydrogen-bond acceptors (Lipinski definition) is 4. The zero-order chi connectivity index (χ0) is 24.9. The molecule has 0 fully saturated rings. The van der Waals surface area contributed by atoms with Crippen molar-refractivity contribution in [2.24, 2.45) is 0 Å². The summed E-state index contributed by atoms with van der Waals surface area (Å²) in [5, 5.41) is 11.6. The van der Waals surface area contributed by atoms with Gasteiger partial charge >= 0.3 is 0 Å². The fourth-order valence-corrected chi connectivity index (χ4v) is 4.56. The molecule has 1 unspecified atom stereocenters. The van der Waals surface area contributed by atoms with Crippen LogP contribution in [0.2, 0.25) is 10.0 Å². The first-order valence-electron chi connectivity index (χ1n) is 12.3. The van der Waals surface area contributed by atoms with E-state index < -0.39 is 6.10 Å². The summed E-state index contributed by atoms with van der Waals surface area (Å²) in [5.74, 6) is 0. The molecule has 0 aliphatic carbocycles. The quantitative estimate of drug-likeness (QED) is 0.170. The Morgan fingerprint density at radius 1 is 0.800 bits per heavy atom. The average Bonchev–Trinajstić information content (AvgIpc) is 2.87. The van der Waals surface area contributed by atoms with Crippen LogP contribution in [0.15, 0.2) is 72.8 Å². The van der Waals surface area contributed by atoms with E-state index in [1.807, 2.05) is 24.3 Å². The number of nitrogen functional groups attached to an aromatic ring is 1. The highest BCUT2D eigenvalue weighted by atomic mass is 35.5. The van der Waals surface area contributed by atoms with Crippen LogP contribution in [0.1, 0.15) is 48.5 Å². The van der Waals surface area contributed by atoms with Crippen molar-refractivity contribution in [1.82, 2.24) is 4.90 Å². The summed E-state index contributed by atoms with van der Waals surface area (Å²) >= 11 is 12.4. The second-order valence-corrected chi connectivity index (χ2v) is 9.71. The van der Waals surface area contributed by atoms with Gasteiger partial charge in [0.25, 0.3) is 0 Å². The summed E-state index contributed by atoms with van der Waals surface area (Å²) in [4.78, 5) is 2.29. The van der Waals surface area contributed by atoms with E-state index in [0.717, 1.165) is 58.4 Å². The third-order valence-corrected chi connectivity index (χ3v) is 6.68. The maximum absolute atomic E-state index is 10.9. The summed E-state index contributed by atoms with van der Waals surface area (Å²) in [6, 6.07) is 24.2. The van der Waals surface area contributed by atoms with Gasteiger partial charge in [0.05, 0.1) is 28.4 Å². The van der Waals surface area contributed by atoms with E-state index in [1.54, 1.807) is 12.1 Å². The Hall–Kier alpha value is -2.08. The molecule has 0 radical (unpaired) electrons. The second-order valence-electron chi connectivity index (χ2n) is 8.90. The monoisotopic (exact) mass is 514 g/mol. The summed E-state index contributed by atoms with van der Waals surface area (Å²) in [5.41, 5.74) is 9.41. The Bertz CT molecular complexity index is 979. The molecule has 3 rings (SSSR count). The van der Waals surface area contributed by atoms with Crippen molar-refractivity contribution in [3.63, 3.8) is 0 Å². The molecule has 3 aromatic carbocycles. The van der Waals surface area contributed by atoms with Crippen molar-refractivity contribution in [2.75, 3.05) is 32.0 Å². The highest BCUT2D eigenvalue weighted by Gasteiger charge is 2.16. The normalized spacial score (nSPS) is 12.2. The van der Waals surface area contributed by atoms with Gasteiger partial charge in [-0.1, -0.05) is 96.7 Å². The van der Waals surface area contributed by atoms with Crippen molar-refractivity contribution in [2.45, 2.75) is 44.8 Å². The number of aliphatic hydroxyl groups is 1. The number of nitrogens with two attached hydrogens (primary N) is 1. The number of benzene rings is 3. The van der Waals surface area contributed by atoms with Gasteiger partial charge in [-0.15, -0.1) is 0 Å². The van der Waals surface area contributed by atoms with Crippen molar-refractivity contribution in [1.29, 1.82) is 0 Å². The van der Waals surface area contributed by atoms with E-state index in [2.05, 4.69) is 41.3 Å². The van der Waals surface area contributed by atoms with Crippen LogP contribution in [0.5, 0.6) is 0 Å². The summed E-state index contributed by atoms with van der Waals surface area (Å²) in [6.45, 7) is 3.74. The number of halogens is 2. The van der Waals surface area contributed by atoms with Crippen molar-refractivity contribution in [3.8, 4) is 0 Å². The summed E-state index contributed by atoms with van der Waals surface area (Å²) < 4.78 is 5.80. The molecular weight excluding hydrogens is 479 g/mol. The molecule has 6 heteroatoms. The van der Waals surface area contributed by atoms with E-state index in [9.17, 15) is 5.11 Å². The Kier molecular flexibility index (Phi) is 11.9. The molecule has 0 saturated carbocycles. The van der Waals surface area contributed by atoms with Crippen LogP contribution < -0.4 is 5.73 Å². The van der Waals surface area contributed by atoms with E-state index >= 15 is 0 Å². The molecule has 0 heterocycles. The lowest BCUT2D eigenvalue weighted by Crippen LogP contribution is -2.29. The van der Waals surface area contributed by atoms with Crippen LogP contribution >= 0.6 is 23.2 Å². The van der Waals surface area contributed by atoms with Gasteiger partial charge in [0.2, 0.25) is 0 Å². The number of anilines is 1. The number of ether oxygens (including phenoxy) is 1. The van der Waals surface area contributed by atoms with Crippen LogP contribution in [-0.4, -0.2) is 36.3 Å². The van der Waals surface area contributed by atoms with Crippen LogP contribution in [-0.2, 0) is 17.7 Å². The summed E-state index contributed by atoms with van der Waals surface area (Å²) in [6.07, 6.45) is 4.65. The van der Waals surface area contributed by atoms with Gasteiger partial charge < -0.3 is 15.6 Å². The third kappa shape index (κ3) is 9.83. The molecule has 0 saturated heterocycles. The predicted molar refractivity (Wildman–Crippen MR) is 147 cm³/mol. The van der Waals surface area contributed by atoms with Gasteiger partial charge in [0, 0.05) is 19.7 Å². The lowest BCUT2D eigenvalue weighted by Gasteiger charge is -2.26. The van der Waals surface area contributed by atoms with Crippen molar-refractivity contribution in [3.05, 3.63) is 99.5 Å². The lowest BCUT2D eigenvalue weighted by molar-refractivity contribution is 0.107. The molecule has 1 atom stereocenters. The molecular formula is C29H36Cl2N2O2. The van der Waals surface area contributed by atoms with E-state index in [-0.39, 0.29) is 0 Å². The maximum atomic E-state index is 10.9. The molecule has 35 heavy (non-hydrogen) atoms. The molecule has 0 spiro atoms. The highest BCUT2D eigenvalue weighted by Crippen LogP contribution is 2.31. The minimum absolute atomic E-state index is 0.342. The minimum Gasteiger partial charge on any atom is -0.396 e. The maximum Gasteiger partial charge on any atom is 0.0918 e. The smallest absolute Gasteiger partial charge is 0.0918 e. The third-order valence-electron chi connectivity index (χ3n) is 6.06. The SMILES string of the molecule is Nc1c(Cl)cc(C(O)CN(CCCCCCOCCc2ccccc2)Cc2ccccc2)cc1Cl. The van der Waals surface area contributed by atoms with Gasteiger partial charge in [0.15, 0.2) is 0 Å². The Morgan fingerprint density at radius 2 is 1.40 bits per heavy atom. The predicted octanol–water partition coefficient (Wildman–Crippen LogP) is 6.93. The number of hydrogen-bond donors (Lipinski definition) is 2. The first-order valence-corrected chi connectivity index (χ1v) is 13.1. The zero-order valence-electron chi connectivity index (χ0n) is 20.2. The van der Waals surface area contributed by atoms with Gasteiger partial charge in [-0.05, 0) is 54.6 Å². The lowest BCUT2D eigenvalue weighted by atomic mass is 10.1. The first kappa shape index (κ1) is 27.5. The molecule has 0 bridgehead atoms. The standard InChI is InChI=1S/C29H36Cl2N2O2/c30-26-19-25(20-27(31)29(26)32)28(34)22-33(21-24-13-7-4-8-14-24)16-9-1-2-10-17-35-18-15-23-11-5-3-6-12-23/h3-8,11-14,19-20,28,34H,1-2,9-10,15-18,21-22,32H2. The van der Waals surface area contributed by atoms with Crippen LogP contribution in [0.25, 0.3) is 0 Å². The van der Waals surface area contributed by atoms with E-state index in [4.69, 9.17) is 33.7 Å². The molecule has 3 N–H and O–H groups in total. The Balaban J connectivity index is 1.41. The van der Waals surface area contributed by atoms with Crippen molar-refractivity contribution < 1.29 is 9.84 Å². The van der Waals surface area contributed by atoms with E-state index in [0.29, 0.717) is 27.8 Å². The summed E-state index contributed by atoms with van der Waals surface area (Å²) in [7, 11) is 0. The molecule has 0 aliphatic heterocycles. The topological polar surface area (TPSA) is 58.7 Å². The number of rotatable bonds is 15. The highest BCUT2D eigenvalue weighted by molar-refractivity contribution is 6.38. The van der Waals surface area contributed by atoms with Gasteiger partial charge in [-0.2, -0.15) is 0 Å². The molecule has 0 aromatic heterocycles. The first-order chi connectivity index (χ1) is 17.0. The second kappa shape index (κ2) is 15.1. The van der Waals surface area contributed by atoms with Crippen LogP contribution in [0, 0.1) is 0 Å². The number of unbranched alkanes of at least 4 members (excludes halogenated alkanes) is 3. The van der Waals surface area contributed by atoms with Gasteiger partial charge in [-0.25, -0.2) is 0 Å². The Morgan fingerprint density at radius 3 is 2.06 bits per heavy atom. The minimum atomic E-state index is -0.702. The molecule has 0 aliphatic rings. The fourth-order valence-electron chi connectivity index (χ4n) is 4.05. The van der Waals surface area contributed by atoms with Gasteiger partial charge in [-0.3, -0.25) is 4.90 Å². The number of nitrogens with zero attached hydrogens (tertiary/aromatic N) is 1. The fraction of sp³-hybridized carbons (Fsp3) is 0.379. The molecule has 188 valence electrons. The largest absolute Gasteiger partial charge is 0.396 e. The average molecular weight is 516 g/mol. The number of aliphatic hydroxyl groups excluding tert-OH is 1. The van der Waals surface area contributed by atoms with Crippen molar-refractivity contribution >= 4 is 28.9 Å². The molecule has 0 amide bonds. The van der Waals surface area contributed by atoms with E-state index in [1.165, 1.54) is 11.1 Å². The van der Waals surface area contributed by atoms with Gasteiger partial charge in [0.1, 0.15) is 0 Å². The Labute approximate surface area is 219 Å². The zero-order valence-corrected chi connectivity index (χ0v) is 21.7. The van der Waals surface area contributed by atoms with Crippen LogP contribution in [0.4, 0.5) is 5.69 Å². The molecule has 3 aromatic rings.